The first-order chi connectivity index (χ1) is 20.6. The van der Waals surface area contributed by atoms with E-state index in [4.69, 9.17) is 4.74 Å². The lowest BCUT2D eigenvalue weighted by Gasteiger charge is -2.44. The van der Waals surface area contributed by atoms with E-state index < -0.39 is 70.6 Å². The predicted octanol–water partition coefficient (Wildman–Crippen LogP) is 3.50. The smallest absolute Gasteiger partial charge is 0.331 e. The molecule has 43 heavy (non-hydrogen) atoms. The number of hydrogen-bond donors (Lipinski definition) is 1. The molecule has 220 valence electrons. The minimum absolute atomic E-state index is 0.147. The SMILES string of the molecule is CC1(C)S[C@@H]2[C@H](NC(=O)[C@H](F)CN3C(=O)c4ccccc4C3=O)C(=O)N2[C@H]1C(=O)OC(c1ccccc1)c1ccccc1. The Kier molecular flexibility index (Phi) is 7.29. The number of β-lactam (4-membered cyclic amide) rings is 1. The number of amides is 4. The molecule has 3 aromatic rings. The number of esters is 1. The van der Waals surface area contributed by atoms with Crippen LogP contribution in [-0.2, 0) is 19.1 Å². The third-order valence-corrected chi connectivity index (χ3v) is 9.48. The first-order valence-corrected chi connectivity index (χ1v) is 14.7. The van der Waals surface area contributed by atoms with Gasteiger partial charge in [-0.15, -0.1) is 11.8 Å². The Morgan fingerprint density at radius 3 is 1.93 bits per heavy atom. The van der Waals surface area contributed by atoms with Crippen LogP contribution < -0.4 is 5.32 Å². The number of benzene rings is 3. The number of nitrogens with zero attached hydrogens (tertiary/aromatic N) is 2. The zero-order valence-electron chi connectivity index (χ0n) is 23.3. The number of fused-ring (bicyclic) bond motifs is 2. The summed E-state index contributed by atoms with van der Waals surface area (Å²) in [7, 11) is 0. The third kappa shape index (κ3) is 4.97. The van der Waals surface area contributed by atoms with Gasteiger partial charge in [0.2, 0.25) is 5.91 Å². The van der Waals surface area contributed by atoms with Crippen molar-refractivity contribution in [1.82, 2.24) is 15.1 Å². The molecule has 2 saturated heterocycles. The molecular formula is C32H28FN3O6S. The molecule has 3 aromatic carbocycles. The van der Waals surface area contributed by atoms with Gasteiger partial charge in [0.25, 0.3) is 17.7 Å². The van der Waals surface area contributed by atoms with E-state index in [0.29, 0.717) is 4.90 Å². The molecule has 0 aromatic heterocycles. The van der Waals surface area contributed by atoms with Gasteiger partial charge in [-0.1, -0.05) is 72.8 Å². The van der Waals surface area contributed by atoms with Gasteiger partial charge in [-0.25, -0.2) is 9.18 Å². The maximum absolute atomic E-state index is 15.1. The van der Waals surface area contributed by atoms with Crippen molar-refractivity contribution >= 4 is 41.4 Å². The van der Waals surface area contributed by atoms with Gasteiger partial charge in [0.15, 0.2) is 12.3 Å². The fraction of sp³-hybridized carbons (Fsp3) is 0.281. The molecule has 1 N–H and O–H groups in total. The maximum Gasteiger partial charge on any atom is 0.331 e. The second kappa shape index (κ2) is 11.0. The van der Waals surface area contributed by atoms with Crippen molar-refractivity contribution in [3.05, 3.63) is 107 Å². The Morgan fingerprint density at radius 2 is 1.40 bits per heavy atom. The number of halogens is 1. The summed E-state index contributed by atoms with van der Waals surface area (Å²) in [5.41, 5.74) is 1.84. The highest BCUT2D eigenvalue weighted by molar-refractivity contribution is 8.01. The van der Waals surface area contributed by atoms with Crippen molar-refractivity contribution < 1.29 is 33.1 Å². The molecule has 6 rings (SSSR count). The van der Waals surface area contributed by atoms with Crippen molar-refractivity contribution in [3.8, 4) is 0 Å². The van der Waals surface area contributed by atoms with Crippen LogP contribution in [0.15, 0.2) is 84.9 Å². The van der Waals surface area contributed by atoms with E-state index in [1.165, 1.54) is 28.8 Å². The quantitative estimate of drug-likeness (QED) is 0.239. The highest BCUT2D eigenvalue weighted by Gasteiger charge is 2.65. The summed E-state index contributed by atoms with van der Waals surface area (Å²) in [5, 5.41) is 1.80. The molecule has 9 nitrogen and oxygen atoms in total. The normalized spacial score (nSPS) is 22.6. The average Bonchev–Trinajstić information content (AvgIpc) is 3.41. The number of rotatable bonds is 8. The molecule has 2 fully saturated rings. The van der Waals surface area contributed by atoms with Crippen LogP contribution >= 0.6 is 11.8 Å². The monoisotopic (exact) mass is 601 g/mol. The minimum atomic E-state index is -2.25. The van der Waals surface area contributed by atoms with E-state index in [1.54, 1.807) is 12.1 Å². The average molecular weight is 602 g/mol. The molecule has 11 heteroatoms. The van der Waals surface area contributed by atoms with Gasteiger partial charge in [-0.05, 0) is 37.1 Å². The zero-order valence-corrected chi connectivity index (χ0v) is 24.1. The molecule has 0 bridgehead atoms. The van der Waals surface area contributed by atoms with Crippen LogP contribution in [0.1, 0.15) is 51.8 Å². The molecular weight excluding hydrogens is 573 g/mol. The molecule has 0 aliphatic carbocycles. The zero-order chi connectivity index (χ0) is 30.5. The molecule has 0 radical (unpaired) electrons. The van der Waals surface area contributed by atoms with Gasteiger partial charge in [-0.3, -0.25) is 24.1 Å². The van der Waals surface area contributed by atoms with Gasteiger partial charge in [-0.2, -0.15) is 0 Å². The highest BCUT2D eigenvalue weighted by atomic mass is 32.2. The summed E-state index contributed by atoms with van der Waals surface area (Å²) >= 11 is 1.31. The number of thioether (sulfide) groups is 1. The fourth-order valence-electron chi connectivity index (χ4n) is 5.78. The summed E-state index contributed by atoms with van der Waals surface area (Å²) in [4.78, 5) is 67.0. The second-order valence-corrected chi connectivity index (χ2v) is 12.9. The maximum atomic E-state index is 15.1. The Labute approximate surface area is 251 Å². The van der Waals surface area contributed by atoms with Crippen LogP contribution in [-0.4, -0.2) is 74.3 Å². The lowest BCUT2D eigenvalue weighted by atomic mass is 9.95. The summed E-state index contributed by atoms with van der Waals surface area (Å²) < 4.78 is 20.4. The van der Waals surface area contributed by atoms with Crippen LogP contribution in [0.25, 0.3) is 0 Å². The van der Waals surface area contributed by atoms with E-state index in [-0.39, 0.29) is 11.1 Å². The van der Waals surface area contributed by atoms with Crippen molar-refractivity contribution in [3.63, 3.8) is 0 Å². The lowest BCUT2D eigenvalue weighted by Crippen LogP contribution is -2.71. The van der Waals surface area contributed by atoms with Gasteiger partial charge >= 0.3 is 5.97 Å². The van der Waals surface area contributed by atoms with E-state index in [2.05, 4.69) is 5.32 Å². The molecule has 0 spiro atoms. The lowest BCUT2D eigenvalue weighted by molar-refractivity contribution is -0.167. The molecule has 3 aliphatic heterocycles. The molecule has 4 amide bonds. The highest BCUT2D eigenvalue weighted by Crippen LogP contribution is 2.51. The summed E-state index contributed by atoms with van der Waals surface area (Å²) in [6, 6.07) is 22.7. The third-order valence-electron chi connectivity index (χ3n) is 7.91. The number of carbonyl (C=O) groups excluding carboxylic acids is 5. The second-order valence-electron chi connectivity index (χ2n) is 11.1. The number of ether oxygens (including phenoxy) is 1. The molecule has 3 aliphatic rings. The van der Waals surface area contributed by atoms with Crippen LogP contribution in [0.4, 0.5) is 4.39 Å². The van der Waals surface area contributed by atoms with Crippen molar-refractivity contribution in [1.29, 1.82) is 0 Å². The summed E-state index contributed by atoms with van der Waals surface area (Å²) in [6.07, 6.45) is -2.95. The van der Waals surface area contributed by atoms with E-state index >= 15 is 4.39 Å². The Morgan fingerprint density at radius 1 is 0.884 bits per heavy atom. The van der Waals surface area contributed by atoms with E-state index in [0.717, 1.165) is 11.1 Å². The Hall–Kier alpha value is -4.51. The Bertz CT molecular complexity index is 1540. The first kappa shape index (κ1) is 28.6. The van der Waals surface area contributed by atoms with Crippen LogP contribution in [0, 0.1) is 0 Å². The van der Waals surface area contributed by atoms with Crippen LogP contribution in [0.5, 0.6) is 0 Å². The molecule has 0 saturated carbocycles. The molecule has 4 atom stereocenters. The number of hydrogen-bond acceptors (Lipinski definition) is 7. The van der Waals surface area contributed by atoms with E-state index in [1.807, 2.05) is 74.5 Å². The predicted molar refractivity (Wildman–Crippen MR) is 156 cm³/mol. The van der Waals surface area contributed by atoms with Gasteiger partial charge in [0.1, 0.15) is 17.5 Å². The molecule has 0 unspecified atom stereocenters. The van der Waals surface area contributed by atoms with Crippen molar-refractivity contribution in [2.24, 2.45) is 0 Å². The number of imide groups is 1. The first-order valence-electron chi connectivity index (χ1n) is 13.8. The fourth-order valence-corrected chi connectivity index (χ4v) is 7.40. The topological polar surface area (TPSA) is 113 Å². The van der Waals surface area contributed by atoms with E-state index in [9.17, 15) is 24.0 Å². The van der Waals surface area contributed by atoms with Crippen LogP contribution in [0.3, 0.4) is 0 Å². The van der Waals surface area contributed by atoms with Gasteiger partial charge in [0.05, 0.1) is 17.7 Å². The minimum Gasteiger partial charge on any atom is -0.451 e. The standard InChI is InChI=1S/C32H28FN3O6S/c1-32(2)25(31(41)42-24(18-11-5-3-6-12-18)19-13-7-4-8-14-19)36-29(40)23(30(36)43-32)34-26(37)22(33)17-35-27(38)20-15-9-10-16-21(20)28(35)39/h3-16,22-25,30H,17H2,1-2H3,(H,34,37)/t22-,23-,25+,30-/m1/s1. The summed E-state index contributed by atoms with van der Waals surface area (Å²) in [5.74, 6) is -3.61. The number of nitrogens with one attached hydrogen (secondary N) is 1. The largest absolute Gasteiger partial charge is 0.451 e. The molecule has 3 heterocycles. The van der Waals surface area contributed by atoms with Crippen molar-refractivity contribution in [2.45, 2.75) is 48.3 Å². The van der Waals surface area contributed by atoms with Crippen molar-refractivity contribution in [2.75, 3.05) is 6.54 Å². The van der Waals surface area contributed by atoms with Gasteiger partial charge in [0, 0.05) is 4.75 Å². The number of alkyl halides is 1. The van der Waals surface area contributed by atoms with Crippen LogP contribution in [0.2, 0.25) is 0 Å². The number of carbonyl (C=O) groups is 5. The Balaban J connectivity index is 1.13. The van der Waals surface area contributed by atoms with Gasteiger partial charge < -0.3 is 15.0 Å². The summed E-state index contributed by atoms with van der Waals surface area (Å²) in [6.45, 7) is 2.85.